The van der Waals surface area contributed by atoms with Gasteiger partial charge in [-0.2, -0.15) is 0 Å². The number of furan rings is 1. The first-order chi connectivity index (χ1) is 8.17. The van der Waals surface area contributed by atoms with Gasteiger partial charge in [0.15, 0.2) is 0 Å². The summed E-state index contributed by atoms with van der Waals surface area (Å²) < 4.78 is 14.5. The zero-order chi connectivity index (χ0) is 12.7. The van der Waals surface area contributed by atoms with E-state index in [2.05, 4.69) is 10.1 Å². The number of carbonyl (C=O) groups is 1. The highest BCUT2D eigenvalue weighted by Crippen LogP contribution is 2.08. The van der Waals surface area contributed by atoms with Crippen molar-refractivity contribution in [2.24, 2.45) is 0 Å². The molecule has 1 aromatic heterocycles. The average molecular weight is 243 g/mol. The van der Waals surface area contributed by atoms with Crippen LogP contribution in [0.4, 0.5) is 0 Å². The van der Waals surface area contributed by atoms with Crippen LogP contribution in [0.15, 0.2) is 16.7 Å². The Morgan fingerprint density at radius 2 is 2.35 bits per heavy atom. The summed E-state index contributed by atoms with van der Waals surface area (Å²) in [5, 5.41) is 12.3. The van der Waals surface area contributed by atoms with Crippen molar-refractivity contribution in [3.05, 3.63) is 23.7 Å². The summed E-state index contributed by atoms with van der Waals surface area (Å²) in [6, 6.07) is 1.60. The Balaban J connectivity index is 2.32. The number of esters is 1. The number of aliphatic hydroxyl groups is 1. The lowest BCUT2D eigenvalue weighted by Crippen LogP contribution is -2.29. The highest BCUT2D eigenvalue weighted by atomic mass is 16.5. The molecule has 1 aromatic rings. The maximum absolute atomic E-state index is 11.1. The summed E-state index contributed by atoms with van der Waals surface area (Å²) in [4.78, 5) is 11.1. The molecule has 6 nitrogen and oxygen atoms in total. The number of hydrogen-bond donors (Lipinski definition) is 2. The van der Waals surface area contributed by atoms with Crippen LogP contribution in [0.5, 0.6) is 0 Å². The van der Waals surface area contributed by atoms with Gasteiger partial charge in [0.1, 0.15) is 12.0 Å². The Morgan fingerprint density at radius 1 is 1.59 bits per heavy atom. The fourth-order valence-corrected chi connectivity index (χ4v) is 1.31. The molecule has 0 aliphatic carbocycles. The Labute approximate surface area is 99.5 Å². The van der Waals surface area contributed by atoms with Crippen molar-refractivity contribution in [3.63, 3.8) is 0 Å². The molecular formula is C11H17NO5. The van der Waals surface area contributed by atoms with E-state index >= 15 is 0 Å². The van der Waals surface area contributed by atoms with E-state index in [1.54, 1.807) is 6.07 Å². The van der Waals surface area contributed by atoms with Crippen LogP contribution in [0.3, 0.4) is 0 Å². The molecule has 0 amide bonds. The molecule has 0 radical (unpaired) electrons. The van der Waals surface area contributed by atoms with Gasteiger partial charge in [0.25, 0.3) is 0 Å². The lowest BCUT2D eigenvalue weighted by molar-refractivity contribution is 0.0600. The molecule has 0 aromatic carbocycles. The summed E-state index contributed by atoms with van der Waals surface area (Å²) in [6.45, 7) is 1.10. The first-order valence-electron chi connectivity index (χ1n) is 5.20. The second-order valence-corrected chi connectivity index (χ2v) is 3.53. The minimum absolute atomic E-state index is 0.276. The van der Waals surface area contributed by atoms with E-state index < -0.39 is 12.1 Å². The van der Waals surface area contributed by atoms with Crippen molar-refractivity contribution >= 4 is 5.97 Å². The van der Waals surface area contributed by atoms with Crippen LogP contribution in [0, 0.1) is 0 Å². The monoisotopic (exact) mass is 243 g/mol. The normalized spacial score (nSPS) is 12.4. The number of carbonyl (C=O) groups excluding carboxylic acids is 1. The van der Waals surface area contributed by atoms with Crippen LogP contribution in [0.25, 0.3) is 0 Å². The molecule has 0 bridgehead atoms. The predicted octanol–water partition coefficient (Wildman–Crippen LogP) is 0.163. The third-order valence-electron chi connectivity index (χ3n) is 2.11. The molecule has 2 N–H and O–H groups in total. The topological polar surface area (TPSA) is 80.9 Å². The van der Waals surface area contributed by atoms with E-state index in [0.29, 0.717) is 24.4 Å². The van der Waals surface area contributed by atoms with Gasteiger partial charge in [-0.3, -0.25) is 0 Å². The average Bonchev–Trinajstić information content (AvgIpc) is 2.77. The molecule has 1 unspecified atom stereocenters. The summed E-state index contributed by atoms with van der Waals surface area (Å²) >= 11 is 0. The Bertz CT molecular complexity index is 349. The first kappa shape index (κ1) is 13.7. The molecule has 17 heavy (non-hydrogen) atoms. The fourth-order valence-electron chi connectivity index (χ4n) is 1.31. The third kappa shape index (κ3) is 4.56. The number of rotatable bonds is 7. The molecule has 0 saturated carbocycles. The molecule has 96 valence electrons. The minimum atomic E-state index is -0.560. The molecule has 0 saturated heterocycles. The highest BCUT2D eigenvalue weighted by Gasteiger charge is 2.10. The van der Waals surface area contributed by atoms with Gasteiger partial charge in [-0.25, -0.2) is 4.79 Å². The van der Waals surface area contributed by atoms with Gasteiger partial charge in [-0.05, 0) is 6.07 Å². The van der Waals surface area contributed by atoms with E-state index in [4.69, 9.17) is 9.15 Å². The summed E-state index contributed by atoms with van der Waals surface area (Å²) in [5.41, 5.74) is 0.377. The number of aliphatic hydroxyl groups excluding tert-OH is 1. The number of nitrogens with one attached hydrogen (secondary N) is 1. The Hall–Kier alpha value is -1.37. The lowest BCUT2D eigenvalue weighted by atomic mass is 10.3. The van der Waals surface area contributed by atoms with Gasteiger partial charge in [0, 0.05) is 13.7 Å². The van der Waals surface area contributed by atoms with Gasteiger partial charge >= 0.3 is 5.97 Å². The van der Waals surface area contributed by atoms with Gasteiger partial charge in [0.2, 0.25) is 0 Å². The molecule has 6 heteroatoms. The van der Waals surface area contributed by atoms with Gasteiger partial charge < -0.3 is 24.3 Å². The first-order valence-corrected chi connectivity index (χ1v) is 5.20. The van der Waals surface area contributed by atoms with Crippen molar-refractivity contribution in [3.8, 4) is 0 Å². The smallest absolute Gasteiger partial charge is 0.341 e. The van der Waals surface area contributed by atoms with Gasteiger partial charge in [0.05, 0.1) is 31.9 Å². The number of ether oxygens (including phenoxy) is 2. The van der Waals surface area contributed by atoms with Crippen molar-refractivity contribution in [1.82, 2.24) is 5.32 Å². The van der Waals surface area contributed by atoms with Gasteiger partial charge in [-0.1, -0.05) is 0 Å². The zero-order valence-electron chi connectivity index (χ0n) is 9.93. The summed E-state index contributed by atoms with van der Waals surface area (Å²) in [5.74, 6) is 0.175. The predicted molar refractivity (Wildman–Crippen MR) is 59.6 cm³/mol. The molecule has 1 atom stereocenters. The van der Waals surface area contributed by atoms with Crippen LogP contribution in [0.2, 0.25) is 0 Å². The van der Waals surface area contributed by atoms with Crippen LogP contribution >= 0.6 is 0 Å². The SMILES string of the molecule is COCC(O)CNCc1cc(C(=O)OC)co1. The molecule has 0 fully saturated rings. The standard InChI is InChI=1S/C11H17NO5/c1-15-7-9(13)4-12-5-10-3-8(6-17-10)11(14)16-2/h3,6,9,12-13H,4-5,7H2,1-2H3. The fraction of sp³-hybridized carbons (Fsp3) is 0.545. The van der Waals surface area contributed by atoms with Crippen LogP contribution in [-0.2, 0) is 16.0 Å². The third-order valence-corrected chi connectivity index (χ3v) is 2.11. The minimum Gasteiger partial charge on any atom is -0.467 e. The van der Waals surface area contributed by atoms with E-state index in [9.17, 15) is 9.90 Å². The van der Waals surface area contributed by atoms with E-state index in [-0.39, 0.29) is 6.61 Å². The van der Waals surface area contributed by atoms with E-state index in [1.165, 1.54) is 20.5 Å². The largest absolute Gasteiger partial charge is 0.467 e. The molecule has 0 aliphatic heterocycles. The molecule has 0 aliphatic rings. The summed E-state index contributed by atoms with van der Waals surface area (Å²) in [6.07, 6.45) is 0.782. The molecule has 1 heterocycles. The Morgan fingerprint density at radius 3 is 3.00 bits per heavy atom. The van der Waals surface area contributed by atoms with Crippen LogP contribution in [0.1, 0.15) is 16.1 Å². The second-order valence-electron chi connectivity index (χ2n) is 3.53. The molecule has 0 spiro atoms. The lowest BCUT2D eigenvalue weighted by Gasteiger charge is -2.09. The highest BCUT2D eigenvalue weighted by molar-refractivity contribution is 5.88. The van der Waals surface area contributed by atoms with E-state index in [1.807, 2.05) is 0 Å². The Kier molecular flexibility index (Phi) is 5.68. The summed E-state index contributed by atoms with van der Waals surface area (Å²) in [7, 11) is 2.84. The quantitative estimate of drug-likeness (QED) is 0.664. The maximum Gasteiger partial charge on any atom is 0.341 e. The van der Waals surface area contributed by atoms with Gasteiger partial charge in [-0.15, -0.1) is 0 Å². The van der Waals surface area contributed by atoms with Crippen molar-refractivity contribution in [2.45, 2.75) is 12.6 Å². The number of hydrogen-bond acceptors (Lipinski definition) is 6. The maximum atomic E-state index is 11.1. The van der Waals surface area contributed by atoms with Crippen LogP contribution < -0.4 is 5.32 Å². The zero-order valence-corrected chi connectivity index (χ0v) is 9.93. The van der Waals surface area contributed by atoms with Crippen LogP contribution in [-0.4, -0.2) is 44.6 Å². The molecular weight excluding hydrogens is 226 g/mol. The second kappa shape index (κ2) is 7.05. The number of methoxy groups -OCH3 is 2. The van der Waals surface area contributed by atoms with Crippen molar-refractivity contribution < 1.29 is 23.8 Å². The van der Waals surface area contributed by atoms with Crippen molar-refractivity contribution in [2.75, 3.05) is 27.4 Å². The molecule has 1 rings (SSSR count). The van der Waals surface area contributed by atoms with E-state index in [0.717, 1.165) is 0 Å². The van der Waals surface area contributed by atoms with Crippen molar-refractivity contribution in [1.29, 1.82) is 0 Å².